The van der Waals surface area contributed by atoms with Gasteiger partial charge in [0.05, 0.1) is 58.4 Å². The Morgan fingerprint density at radius 3 is 2.41 bits per heavy atom. The van der Waals surface area contributed by atoms with E-state index >= 15 is 0 Å². The van der Waals surface area contributed by atoms with Gasteiger partial charge in [-0.2, -0.15) is 0 Å². The number of carbonyl (C=O) groups is 5. The van der Waals surface area contributed by atoms with E-state index in [1.165, 1.54) is 79.3 Å². The number of rotatable bonds is 19. The normalized spacial score (nSPS) is 15.4. The molecule has 9 rings (SSSR count). The van der Waals surface area contributed by atoms with Crippen molar-refractivity contribution in [3.8, 4) is 11.4 Å². The van der Waals surface area contributed by atoms with E-state index in [0.29, 0.717) is 33.8 Å². The molecule has 2 aliphatic heterocycles. The summed E-state index contributed by atoms with van der Waals surface area (Å²) in [4.78, 5) is 98.2. The number of ether oxygens (including phenoxy) is 2. The van der Waals surface area contributed by atoms with Gasteiger partial charge in [-0.25, -0.2) is 33.0 Å². The number of benzene rings is 4. The van der Waals surface area contributed by atoms with Crippen LogP contribution in [-0.2, 0) is 63.8 Å². The van der Waals surface area contributed by atoms with Gasteiger partial charge < -0.3 is 56.9 Å². The first-order chi connectivity index (χ1) is 38.2. The molecule has 80 heavy (non-hydrogen) atoms. The van der Waals surface area contributed by atoms with Crippen LogP contribution in [0.25, 0.3) is 22.3 Å². The van der Waals surface area contributed by atoms with Gasteiger partial charge in [0.15, 0.2) is 11.1 Å². The number of carboxylic acids is 1. The summed E-state index contributed by atoms with van der Waals surface area (Å²) < 4.78 is 42.4. The van der Waals surface area contributed by atoms with E-state index in [2.05, 4.69) is 40.9 Å². The van der Waals surface area contributed by atoms with Gasteiger partial charge in [-0.1, -0.05) is 57.2 Å². The average molecular weight is 1120 g/mol. The molecule has 0 radical (unpaired) electrons. The number of esters is 2. The number of carboxylic acid groups (broad SMARTS) is 1. The fraction of sp³-hybridized carbons (Fsp3) is 0.236. The third kappa shape index (κ3) is 11.8. The van der Waals surface area contributed by atoms with Gasteiger partial charge >= 0.3 is 17.9 Å². The van der Waals surface area contributed by atoms with Gasteiger partial charge in [0, 0.05) is 51.8 Å². The van der Waals surface area contributed by atoms with Crippen LogP contribution < -0.4 is 43.0 Å². The van der Waals surface area contributed by atoms with Gasteiger partial charge in [-0.05, 0) is 103 Å². The number of amides is 2. The van der Waals surface area contributed by atoms with Crippen LogP contribution in [0.5, 0.6) is 0 Å². The highest BCUT2D eigenvalue weighted by molar-refractivity contribution is 7.92. The number of hydrogen-bond donors (Lipinski definition) is 9. The molecule has 1 unspecified atom stereocenters. The van der Waals surface area contributed by atoms with Crippen molar-refractivity contribution in [1.29, 1.82) is 0 Å². The van der Waals surface area contributed by atoms with E-state index in [1.54, 1.807) is 37.5 Å². The van der Waals surface area contributed by atoms with E-state index in [4.69, 9.17) is 38.1 Å². The fourth-order valence-electron chi connectivity index (χ4n) is 9.50. The van der Waals surface area contributed by atoms with Crippen LogP contribution in [0, 0.1) is 5.92 Å². The molecule has 0 spiro atoms. The molecule has 11 N–H and O–H groups in total. The number of nitrogens with zero attached hydrogens (tertiary/aromatic N) is 4. The smallest absolute Gasteiger partial charge is 0.355 e. The molecule has 0 fully saturated rings. The highest BCUT2D eigenvalue weighted by atomic mass is 32.2. The van der Waals surface area contributed by atoms with Crippen molar-refractivity contribution in [1.82, 2.24) is 35.5 Å². The average Bonchev–Trinajstić information content (AvgIpc) is 4.27. The summed E-state index contributed by atoms with van der Waals surface area (Å²) in [6.07, 6.45) is 2.30. The zero-order valence-corrected chi connectivity index (χ0v) is 44.8. The van der Waals surface area contributed by atoms with Crippen LogP contribution in [-0.4, -0.2) is 85.9 Å². The van der Waals surface area contributed by atoms with E-state index in [1.807, 2.05) is 30.3 Å². The van der Waals surface area contributed by atoms with Crippen molar-refractivity contribution in [3.63, 3.8) is 0 Å². The van der Waals surface area contributed by atoms with Crippen LogP contribution in [0.4, 0.5) is 17.1 Å². The Kier molecular flexibility index (Phi) is 15.8. The maximum atomic E-state index is 14.5. The number of sulfonamides is 1. The van der Waals surface area contributed by atoms with Crippen molar-refractivity contribution in [3.05, 3.63) is 166 Å². The van der Waals surface area contributed by atoms with Gasteiger partial charge in [-0.15, -0.1) is 0 Å². The monoisotopic (exact) mass is 1120 g/mol. The Hall–Kier alpha value is -9.49. The molecule has 412 valence electrons. The van der Waals surface area contributed by atoms with Crippen molar-refractivity contribution in [2.45, 2.75) is 81.8 Å². The lowest BCUT2D eigenvalue weighted by Crippen LogP contribution is -2.56. The van der Waals surface area contributed by atoms with Crippen molar-refractivity contribution in [2.24, 2.45) is 22.4 Å². The second-order valence-electron chi connectivity index (χ2n) is 19.3. The first-order valence-corrected chi connectivity index (χ1v) is 27.0. The lowest BCUT2D eigenvalue weighted by Gasteiger charge is -2.37. The Labute approximate surface area is 462 Å². The zero-order chi connectivity index (χ0) is 57.0. The number of cyclic esters (lactones) is 1. The third-order valence-corrected chi connectivity index (χ3v) is 15.1. The number of aromatic nitrogens is 4. The summed E-state index contributed by atoms with van der Waals surface area (Å²) in [7, 11) is -4.17. The lowest BCUT2D eigenvalue weighted by atomic mass is 9.85. The van der Waals surface area contributed by atoms with Crippen LogP contribution in [0.2, 0.25) is 0 Å². The number of para-hydroxylation sites is 1. The minimum absolute atomic E-state index is 0.00588. The highest BCUT2D eigenvalue weighted by Crippen LogP contribution is 2.41. The summed E-state index contributed by atoms with van der Waals surface area (Å²) in [6, 6.07) is 25.1. The number of pyridine rings is 2. The van der Waals surface area contributed by atoms with E-state index in [0.717, 1.165) is 10.9 Å². The standard InChI is InChI=1S/C55H54N12O11S2/c1-4-55(40-23-44-47-33(19-31-9-5-6-14-41(31)62-47)26-67(44)50(72)39(40)27-77-52(55)74)78-51(73)46(29(2)3)65-49(71)43(22-37-25-58-28-59-37)64-54(79)61-34-17-15-30(16-18-34)48(70)63-42(24-45(68)69)32-10-7-12-36(20-32)66-80(75,76)38-13-8-11-35(21-38)60-53(56)57/h5-21,23,25,28-29,42-43,46,66H,4,22,24,26-27H2,1-3H3,(H,58,59)(H,63,70)(H,65,71)(H,68,69)(H4,56,57,60)(H2,61,64,79)/t42?,43-,46+,55-/m0/s1. The Morgan fingerprint density at radius 2 is 1.70 bits per heavy atom. The lowest BCUT2D eigenvalue weighted by molar-refractivity contribution is -0.191. The maximum Gasteiger partial charge on any atom is 0.355 e. The molecule has 0 bridgehead atoms. The van der Waals surface area contributed by atoms with E-state index < -0.39 is 81.4 Å². The molecule has 7 aromatic rings. The molecule has 23 nitrogen and oxygen atoms in total. The second-order valence-corrected chi connectivity index (χ2v) is 21.4. The molecule has 0 saturated carbocycles. The third-order valence-electron chi connectivity index (χ3n) is 13.5. The summed E-state index contributed by atoms with van der Waals surface area (Å²) in [5, 5.41) is 22.2. The Bertz CT molecular complexity index is 3810. The molecule has 5 heterocycles. The largest absolute Gasteiger partial charge is 0.481 e. The zero-order valence-electron chi connectivity index (χ0n) is 43.2. The molecule has 0 saturated heterocycles. The number of hydrogen-bond acceptors (Lipinski definition) is 14. The number of aliphatic carboxylic acids is 1. The van der Waals surface area contributed by atoms with Crippen LogP contribution in [0.3, 0.4) is 0 Å². The van der Waals surface area contributed by atoms with Gasteiger partial charge in [0.2, 0.25) is 11.5 Å². The molecular weight excluding hydrogens is 1070 g/mol. The van der Waals surface area contributed by atoms with E-state index in [-0.39, 0.29) is 70.0 Å². The summed E-state index contributed by atoms with van der Waals surface area (Å²) in [6.45, 7) is 4.93. The fourth-order valence-corrected chi connectivity index (χ4v) is 10.8. The number of anilines is 2. The maximum absolute atomic E-state index is 14.5. The number of carbonyl (C=O) groups excluding carboxylic acids is 4. The predicted molar refractivity (Wildman–Crippen MR) is 299 cm³/mol. The first-order valence-electron chi connectivity index (χ1n) is 25.1. The Morgan fingerprint density at radius 1 is 0.938 bits per heavy atom. The second kappa shape index (κ2) is 22.8. The predicted octanol–water partition coefficient (Wildman–Crippen LogP) is 4.74. The SMILES string of the molecule is CC[C@@]1(OC(=O)[C@H](NC(=O)[C@H](Cc2cnc[nH]2)NC(=S)Nc2ccc(C(=O)NC(CC(=O)O)c3cccc(NS(=O)(=O)c4cccc(N=C(N)N)c4)c3)cc2)C(C)C)C(=O)OCc2c1cc1n(c2=O)Cc2cc3ccccc3nc2-1. The molecule has 4 aromatic carbocycles. The molecule has 2 aliphatic rings. The van der Waals surface area contributed by atoms with Crippen molar-refractivity contribution >= 4 is 91.0 Å². The van der Waals surface area contributed by atoms with E-state index in [9.17, 15) is 42.3 Å². The number of guanidine groups is 1. The van der Waals surface area contributed by atoms with Gasteiger partial charge in [0.1, 0.15) is 18.7 Å². The minimum atomic E-state index is -4.17. The molecular formula is C55H54N12O11S2. The molecule has 0 aliphatic carbocycles. The Balaban J connectivity index is 0.873. The van der Waals surface area contributed by atoms with Crippen LogP contribution in [0.1, 0.15) is 78.0 Å². The van der Waals surface area contributed by atoms with Crippen LogP contribution in [0.15, 0.2) is 136 Å². The number of fused-ring (bicyclic) bond motifs is 5. The van der Waals surface area contributed by atoms with Crippen LogP contribution >= 0.6 is 12.2 Å². The van der Waals surface area contributed by atoms with Crippen molar-refractivity contribution < 1.29 is 47.0 Å². The summed E-state index contributed by atoms with van der Waals surface area (Å²) in [5.74, 6) is -5.23. The number of nitrogens with one attached hydrogen (secondary N) is 6. The molecule has 25 heteroatoms. The van der Waals surface area contributed by atoms with Crippen molar-refractivity contribution in [2.75, 3.05) is 10.0 Å². The molecule has 2 amide bonds. The number of nitrogens with two attached hydrogens (primary N) is 2. The summed E-state index contributed by atoms with van der Waals surface area (Å²) in [5.41, 5.74) is 13.0. The minimum Gasteiger partial charge on any atom is -0.481 e. The highest BCUT2D eigenvalue weighted by Gasteiger charge is 2.51. The number of aromatic amines is 1. The van der Waals surface area contributed by atoms with Gasteiger partial charge in [0.25, 0.3) is 21.5 Å². The number of thiocarbonyl (C=S) groups is 1. The number of aliphatic imine (C=N–C) groups is 1. The summed E-state index contributed by atoms with van der Waals surface area (Å²) >= 11 is 5.66. The number of H-pyrrole nitrogens is 1. The quantitative estimate of drug-likeness (QED) is 0.0228. The van der Waals surface area contributed by atoms with Gasteiger partial charge in [-0.3, -0.25) is 23.9 Å². The molecule has 3 aromatic heterocycles. The number of imidazole rings is 1. The molecule has 4 atom stereocenters. The first kappa shape index (κ1) is 55.3. The topological polar surface area (TPSA) is 346 Å².